The minimum atomic E-state index is -0.871. The van der Waals surface area contributed by atoms with Crippen molar-refractivity contribution in [3.8, 4) is 0 Å². The first-order chi connectivity index (χ1) is 11.9. The number of rotatable bonds is 12. The first-order valence-electron chi connectivity index (χ1n) is 8.92. The summed E-state index contributed by atoms with van der Waals surface area (Å²) in [5, 5.41) is 17.0. The van der Waals surface area contributed by atoms with Crippen molar-refractivity contribution < 1.29 is 14.3 Å². The maximum absolute atomic E-state index is 10.4. The van der Waals surface area contributed by atoms with Crippen LogP contribution in [0.25, 0.3) is 0 Å². The second-order valence-electron chi connectivity index (χ2n) is 6.63. The predicted molar refractivity (Wildman–Crippen MR) is 101 cm³/mol. The molecule has 1 rings (SSSR count). The molecule has 1 atom stereocenters. The molecule has 7 nitrogen and oxygen atoms in total. The molecule has 1 aromatic rings. The van der Waals surface area contributed by atoms with Gasteiger partial charge >= 0.3 is 0 Å². The van der Waals surface area contributed by atoms with Crippen LogP contribution in [0.1, 0.15) is 26.0 Å². The number of nitrogens with one attached hydrogen (secondary N) is 2. The maximum atomic E-state index is 10.4. The molecule has 0 aliphatic rings. The van der Waals surface area contributed by atoms with E-state index in [-0.39, 0.29) is 0 Å². The van der Waals surface area contributed by atoms with Crippen LogP contribution in [0.4, 0.5) is 0 Å². The van der Waals surface area contributed by atoms with Crippen molar-refractivity contribution in [1.82, 2.24) is 15.5 Å². The van der Waals surface area contributed by atoms with Crippen molar-refractivity contribution in [3.05, 3.63) is 24.2 Å². The van der Waals surface area contributed by atoms with Crippen LogP contribution in [0.15, 0.2) is 27.8 Å². The number of aliphatic imine (C=N–C) groups is 1. The smallest absolute Gasteiger partial charge is 0.191 e. The minimum absolute atomic E-state index is 0.326. The molecule has 3 N–H and O–H groups in total. The third kappa shape index (κ3) is 10.8. The zero-order valence-electron chi connectivity index (χ0n) is 16.0. The fourth-order valence-electron chi connectivity index (χ4n) is 2.44. The molecule has 0 radical (unpaired) electrons. The van der Waals surface area contributed by atoms with Gasteiger partial charge in [-0.1, -0.05) is 0 Å². The number of hydrogen-bond acceptors (Lipinski definition) is 5. The second-order valence-corrected chi connectivity index (χ2v) is 6.63. The van der Waals surface area contributed by atoms with Crippen LogP contribution < -0.4 is 10.6 Å². The van der Waals surface area contributed by atoms with E-state index in [1.165, 1.54) is 0 Å². The van der Waals surface area contributed by atoms with Gasteiger partial charge in [0.15, 0.2) is 5.96 Å². The Balaban J connectivity index is 2.48. The Bertz CT molecular complexity index is 473. The maximum Gasteiger partial charge on any atom is 0.191 e. The molecule has 0 saturated heterocycles. The summed E-state index contributed by atoms with van der Waals surface area (Å²) in [4.78, 5) is 6.48. The monoisotopic (exact) mass is 354 g/mol. The van der Waals surface area contributed by atoms with Crippen molar-refractivity contribution in [2.75, 3.05) is 53.5 Å². The Kier molecular flexibility index (Phi) is 10.2. The van der Waals surface area contributed by atoms with E-state index in [2.05, 4.69) is 15.6 Å². The third-order valence-corrected chi connectivity index (χ3v) is 3.44. The lowest BCUT2D eigenvalue weighted by Gasteiger charge is -2.25. The lowest BCUT2D eigenvalue weighted by atomic mass is 10.1. The Hall–Kier alpha value is -1.57. The number of ether oxygens (including phenoxy) is 1. The molecular formula is C18H34N4O3. The lowest BCUT2D eigenvalue weighted by molar-refractivity contribution is 0.0423. The van der Waals surface area contributed by atoms with E-state index in [9.17, 15) is 5.11 Å². The summed E-state index contributed by atoms with van der Waals surface area (Å²) < 4.78 is 10.7. The molecule has 0 spiro atoms. The number of hydrogen-bond donors (Lipinski definition) is 3. The number of furan rings is 1. The number of aliphatic hydroxyl groups is 1. The van der Waals surface area contributed by atoms with Gasteiger partial charge in [0.05, 0.1) is 18.4 Å². The number of nitrogens with zero attached hydrogens (tertiary/aromatic N) is 2. The van der Waals surface area contributed by atoms with E-state index in [1.54, 1.807) is 13.2 Å². The van der Waals surface area contributed by atoms with Gasteiger partial charge in [0, 0.05) is 39.3 Å². The van der Waals surface area contributed by atoms with Crippen molar-refractivity contribution in [1.29, 1.82) is 0 Å². The standard InChI is InChI=1S/C18H34N4O3/c1-5-24-12-7-10-19-17(20-11-9-16-8-6-13-25-16)21-14-18(2,23)15-22(3)4/h6,8,13,23H,5,7,9-12,14-15H2,1-4H3,(H2,19,20,21). The molecule has 0 aliphatic carbocycles. The van der Waals surface area contributed by atoms with Gasteiger partial charge in [-0.2, -0.15) is 0 Å². The van der Waals surface area contributed by atoms with Crippen molar-refractivity contribution in [2.45, 2.75) is 32.3 Å². The molecule has 144 valence electrons. The summed E-state index contributed by atoms with van der Waals surface area (Å²) in [6, 6.07) is 3.84. The van der Waals surface area contributed by atoms with Crippen molar-refractivity contribution in [2.24, 2.45) is 4.99 Å². The van der Waals surface area contributed by atoms with E-state index in [0.717, 1.165) is 38.4 Å². The quantitative estimate of drug-likeness (QED) is 0.296. The number of guanidine groups is 1. The van der Waals surface area contributed by atoms with E-state index in [1.807, 2.05) is 38.1 Å². The van der Waals surface area contributed by atoms with Gasteiger partial charge in [-0.25, -0.2) is 0 Å². The fraction of sp³-hybridized carbons (Fsp3) is 0.722. The highest BCUT2D eigenvalue weighted by atomic mass is 16.5. The van der Waals surface area contributed by atoms with Crippen LogP contribution in [0.3, 0.4) is 0 Å². The highest BCUT2D eigenvalue weighted by molar-refractivity contribution is 5.79. The largest absolute Gasteiger partial charge is 0.469 e. The average molecular weight is 354 g/mol. The Morgan fingerprint density at radius 2 is 2.12 bits per heavy atom. The van der Waals surface area contributed by atoms with Gasteiger partial charge in [0.25, 0.3) is 0 Å². The van der Waals surface area contributed by atoms with Crippen LogP contribution in [-0.4, -0.2) is 75.1 Å². The molecule has 0 fully saturated rings. The summed E-state index contributed by atoms with van der Waals surface area (Å²) in [6.45, 7) is 7.60. The van der Waals surface area contributed by atoms with Gasteiger partial charge in [0.1, 0.15) is 5.76 Å². The Morgan fingerprint density at radius 3 is 2.76 bits per heavy atom. The van der Waals surface area contributed by atoms with Gasteiger partial charge < -0.3 is 29.8 Å². The lowest BCUT2D eigenvalue weighted by Crippen LogP contribution is -2.43. The molecular weight excluding hydrogens is 320 g/mol. The molecule has 0 aromatic carbocycles. The van der Waals surface area contributed by atoms with Crippen LogP contribution in [0, 0.1) is 0 Å². The normalized spacial score (nSPS) is 14.6. The fourth-order valence-corrected chi connectivity index (χ4v) is 2.44. The molecule has 0 bridgehead atoms. The molecule has 1 heterocycles. The topological polar surface area (TPSA) is 82.3 Å². The van der Waals surface area contributed by atoms with E-state index >= 15 is 0 Å². The minimum Gasteiger partial charge on any atom is -0.469 e. The van der Waals surface area contributed by atoms with Crippen LogP contribution >= 0.6 is 0 Å². The molecule has 0 amide bonds. The molecule has 0 saturated carbocycles. The zero-order valence-corrected chi connectivity index (χ0v) is 16.0. The average Bonchev–Trinajstić information content (AvgIpc) is 3.04. The van der Waals surface area contributed by atoms with Crippen molar-refractivity contribution in [3.63, 3.8) is 0 Å². The van der Waals surface area contributed by atoms with Gasteiger partial charge in [-0.15, -0.1) is 0 Å². The summed E-state index contributed by atoms with van der Waals surface area (Å²) in [7, 11) is 3.87. The highest BCUT2D eigenvalue weighted by Crippen LogP contribution is 2.05. The van der Waals surface area contributed by atoms with E-state index < -0.39 is 5.60 Å². The second kappa shape index (κ2) is 11.9. The van der Waals surface area contributed by atoms with E-state index in [0.29, 0.717) is 25.6 Å². The third-order valence-electron chi connectivity index (χ3n) is 3.44. The summed E-state index contributed by atoms with van der Waals surface area (Å²) in [6.07, 6.45) is 3.36. The molecule has 0 aliphatic heterocycles. The Morgan fingerprint density at radius 1 is 1.36 bits per heavy atom. The zero-order chi connectivity index (χ0) is 18.5. The van der Waals surface area contributed by atoms with E-state index in [4.69, 9.17) is 9.15 Å². The molecule has 7 heteroatoms. The van der Waals surface area contributed by atoms with Crippen molar-refractivity contribution >= 4 is 5.96 Å². The van der Waals surface area contributed by atoms with Crippen LogP contribution in [0.2, 0.25) is 0 Å². The first kappa shape index (κ1) is 21.5. The SMILES string of the molecule is CCOCCCNC(=NCC(C)(O)CN(C)C)NCCc1ccco1. The molecule has 1 aromatic heterocycles. The predicted octanol–water partition coefficient (Wildman–Crippen LogP) is 1.10. The first-order valence-corrected chi connectivity index (χ1v) is 8.92. The summed E-state index contributed by atoms with van der Waals surface area (Å²) >= 11 is 0. The molecule has 25 heavy (non-hydrogen) atoms. The van der Waals surface area contributed by atoms with Crippen LogP contribution in [-0.2, 0) is 11.2 Å². The van der Waals surface area contributed by atoms with Gasteiger partial charge in [-0.3, -0.25) is 4.99 Å². The summed E-state index contributed by atoms with van der Waals surface area (Å²) in [5.74, 6) is 1.63. The summed E-state index contributed by atoms with van der Waals surface area (Å²) in [5.41, 5.74) is -0.871. The van der Waals surface area contributed by atoms with Crippen LogP contribution in [0.5, 0.6) is 0 Å². The molecule has 1 unspecified atom stereocenters. The highest BCUT2D eigenvalue weighted by Gasteiger charge is 2.21. The van der Waals surface area contributed by atoms with Gasteiger partial charge in [-0.05, 0) is 46.5 Å². The van der Waals surface area contributed by atoms with Gasteiger partial charge in [0.2, 0.25) is 0 Å². The Labute approximate surface area is 151 Å². The number of likely N-dealkylation sites (N-methyl/N-ethyl adjacent to an activating group) is 1.